The number of morpholine rings is 1. The van der Waals surface area contributed by atoms with Crippen LogP contribution in [0.3, 0.4) is 0 Å². The third-order valence-electron chi connectivity index (χ3n) is 4.21. The number of para-hydroxylation sites is 1. The molecule has 1 aromatic carbocycles. The van der Waals surface area contributed by atoms with Crippen LogP contribution < -0.4 is 10.1 Å². The Labute approximate surface area is 137 Å². The van der Waals surface area contributed by atoms with Crippen molar-refractivity contribution in [2.24, 2.45) is 0 Å². The van der Waals surface area contributed by atoms with Crippen LogP contribution >= 0.6 is 0 Å². The number of unbranched alkanes of at least 4 members (excludes halogenated alkanes) is 1. The number of ether oxygens (including phenoxy) is 2. The molecular formula is C18H24N2O3. The van der Waals surface area contributed by atoms with E-state index in [1.165, 1.54) is 0 Å². The lowest BCUT2D eigenvalue weighted by Crippen LogP contribution is -2.37. The van der Waals surface area contributed by atoms with Crippen molar-refractivity contribution in [3.8, 4) is 5.75 Å². The first-order valence-electron chi connectivity index (χ1n) is 8.33. The van der Waals surface area contributed by atoms with Gasteiger partial charge in [-0.2, -0.15) is 0 Å². The highest BCUT2D eigenvalue weighted by molar-refractivity contribution is 5.99. The quantitative estimate of drug-likeness (QED) is 0.812. The summed E-state index contributed by atoms with van der Waals surface area (Å²) in [4.78, 5) is 14.6. The van der Waals surface area contributed by atoms with E-state index >= 15 is 0 Å². The molecule has 0 radical (unpaired) electrons. The van der Waals surface area contributed by atoms with Gasteiger partial charge in [-0.25, -0.2) is 0 Å². The molecule has 0 aromatic heterocycles. The average Bonchev–Trinajstić information content (AvgIpc) is 2.61. The zero-order valence-corrected chi connectivity index (χ0v) is 13.4. The Morgan fingerprint density at radius 2 is 2.00 bits per heavy atom. The highest BCUT2D eigenvalue weighted by atomic mass is 16.5. The van der Waals surface area contributed by atoms with Crippen molar-refractivity contribution in [3.05, 3.63) is 35.4 Å². The van der Waals surface area contributed by atoms with Crippen LogP contribution in [0.2, 0.25) is 0 Å². The van der Waals surface area contributed by atoms with Gasteiger partial charge in [0.15, 0.2) is 0 Å². The second-order valence-corrected chi connectivity index (χ2v) is 5.91. The number of hydrogen-bond donors (Lipinski definition) is 1. The topological polar surface area (TPSA) is 50.8 Å². The molecule has 1 saturated heterocycles. The molecule has 124 valence electrons. The SMILES string of the molecule is O=C(NCCCCN1CCOCC1)C1=Cc2ccccc2OC1. The molecule has 0 bridgehead atoms. The van der Waals surface area contributed by atoms with Gasteiger partial charge in [-0.1, -0.05) is 18.2 Å². The van der Waals surface area contributed by atoms with Crippen molar-refractivity contribution in [2.45, 2.75) is 12.8 Å². The molecule has 0 aliphatic carbocycles. The Morgan fingerprint density at radius 1 is 1.17 bits per heavy atom. The summed E-state index contributed by atoms with van der Waals surface area (Å²) in [6, 6.07) is 7.77. The third-order valence-corrected chi connectivity index (χ3v) is 4.21. The van der Waals surface area contributed by atoms with Gasteiger partial charge < -0.3 is 14.8 Å². The number of benzene rings is 1. The molecular weight excluding hydrogens is 292 g/mol. The largest absolute Gasteiger partial charge is 0.488 e. The van der Waals surface area contributed by atoms with Crippen molar-refractivity contribution in [1.29, 1.82) is 0 Å². The summed E-state index contributed by atoms with van der Waals surface area (Å²) in [6.07, 6.45) is 4.01. The van der Waals surface area contributed by atoms with Gasteiger partial charge in [-0.15, -0.1) is 0 Å². The highest BCUT2D eigenvalue weighted by Crippen LogP contribution is 2.25. The molecule has 3 rings (SSSR count). The van der Waals surface area contributed by atoms with Crippen LogP contribution in [-0.2, 0) is 9.53 Å². The Kier molecular flexibility index (Phi) is 5.66. The summed E-state index contributed by atoms with van der Waals surface area (Å²) in [5.41, 5.74) is 1.66. The first-order valence-corrected chi connectivity index (χ1v) is 8.33. The first kappa shape index (κ1) is 16.0. The fourth-order valence-electron chi connectivity index (χ4n) is 2.85. The van der Waals surface area contributed by atoms with Gasteiger partial charge in [-0.05, 0) is 31.5 Å². The molecule has 5 heteroatoms. The zero-order valence-electron chi connectivity index (χ0n) is 13.4. The number of hydrogen-bond acceptors (Lipinski definition) is 4. The molecule has 23 heavy (non-hydrogen) atoms. The molecule has 2 aliphatic heterocycles. The standard InChI is InChI=1S/C18H24N2O3/c21-18(16-13-15-5-1-2-6-17(15)23-14-16)19-7-3-4-8-20-9-11-22-12-10-20/h1-2,5-6,13H,3-4,7-12,14H2,(H,19,21). The van der Waals surface area contributed by atoms with Crippen LogP contribution in [0.1, 0.15) is 18.4 Å². The lowest BCUT2D eigenvalue weighted by molar-refractivity contribution is -0.117. The summed E-state index contributed by atoms with van der Waals surface area (Å²) in [6.45, 7) is 5.86. The van der Waals surface area contributed by atoms with E-state index in [4.69, 9.17) is 9.47 Å². The monoisotopic (exact) mass is 316 g/mol. The van der Waals surface area contributed by atoms with E-state index in [1.807, 2.05) is 30.3 Å². The van der Waals surface area contributed by atoms with E-state index in [-0.39, 0.29) is 5.91 Å². The van der Waals surface area contributed by atoms with E-state index in [1.54, 1.807) is 0 Å². The van der Waals surface area contributed by atoms with Crippen LogP contribution in [-0.4, -0.2) is 56.8 Å². The van der Waals surface area contributed by atoms with Gasteiger partial charge in [-0.3, -0.25) is 9.69 Å². The summed E-state index contributed by atoms with van der Waals surface area (Å²) in [7, 11) is 0. The maximum atomic E-state index is 12.2. The highest BCUT2D eigenvalue weighted by Gasteiger charge is 2.16. The normalized spacial score (nSPS) is 17.8. The molecule has 0 spiro atoms. The average molecular weight is 316 g/mol. The fraction of sp³-hybridized carbons (Fsp3) is 0.500. The van der Waals surface area contributed by atoms with E-state index in [2.05, 4.69) is 10.2 Å². The van der Waals surface area contributed by atoms with Gasteiger partial charge >= 0.3 is 0 Å². The van der Waals surface area contributed by atoms with Gasteiger partial charge in [0, 0.05) is 25.2 Å². The molecule has 2 aliphatic rings. The summed E-state index contributed by atoms with van der Waals surface area (Å²) >= 11 is 0. The minimum Gasteiger partial charge on any atom is -0.488 e. The van der Waals surface area contributed by atoms with Crippen LogP contribution in [0.5, 0.6) is 5.75 Å². The predicted octanol–water partition coefficient (Wildman–Crippen LogP) is 1.69. The second-order valence-electron chi connectivity index (χ2n) is 5.91. The van der Waals surface area contributed by atoms with Crippen molar-refractivity contribution >= 4 is 12.0 Å². The summed E-state index contributed by atoms with van der Waals surface area (Å²) < 4.78 is 11.0. The van der Waals surface area contributed by atoms with Crippen LogP contribution in [0.15, 0.2) is 29.8 Å². The van der Waals surface area contributed by atoms with Crippen LogP contribution in [0.25, 0.3) is 6.08 Å². The smallest absolute Gasteiger partial charge is 0.250 e. The van der Waals surface area contributed by atoms with Crippen molar-refractivity contribution < 1.29 is 14.3 Å². The number of carbonyl (C=O) groups excluding carboxylic acids is 1. The Balaban J connectivity index is 1.37. The lowest BCUT2D eigenvalue weighted by Gasteiger charge is -2.26. The number of amides is 1. The Hall–Kier alpha value is -1.85. The molecule has 0 saturated carbocycles. The Bertz CT molecular complexity index is 565. The molecule has 0 atom stereocenters. The minimum atomic E-state index is -0.0223. The molecule has 5 nitrogen and oxygen atoms in total. The van der Waals surface area contributed by atoms with Gasteiger partial charge in [0.1, 0.15) is 12.4 Å². The van der Waals surface area contributed by atoms with Gasteiger partial charge in [0.2, 0.25) is 0 Å². The molecule has 2 heterocycles. The van der Waals surface area contributed by atoms with E-state index in [0.717, 1.165) is 57.0 Å². The van der Waals surface area contributed by atoms with Gasteiger partial charge in [0.25, 0.3) is 5.91 Å². The summed E-state index contributed by atoms with van der Waals surface area (Å²) in [5.74, 6) is 0.820. The van der Waals surface area contributed by atoms with Crippen molar-refractivity contribution in [3.63, 3.8) is 0 Å². The Morgan fingerprint density at radius 3 is 2.87 bits per heavy atom. The molecule has 1 fully saturated rings. The third kappa shape index (κ3) is 4.56. The fourth-order valence-corrected chi connectivity index (χ4v) is 2.85. The molecule has 0 unspecified atom stereocenters. The lowest BCUT2D eigenvalue weighted by atomic mass is 10.1. The summed E-state index contributed by atoms with van der Waals surface area (Å²) in [5, 5.41) is 2.99. The van der Waals surface area contributed by atoms with E-state index in [0.29, 0.717) is 18.7 Å². The maximum absolute atomic E-state index is 12.2. The van der Waals surface area contributed by atoms with Crippen LogP contribution in [0.4, 0.5) is 0 Å². The van der Waals surface area contributed by atoms with Crippen molar-refractivity contribution in [1.82, 2.24) is 10.2 Å². The number of rotatable bonds is 6. The number of fused-ring (bicyclic) bond motifs is 1. The maximum Gasteiger partial charge on any atom is 0.250 e. The predicted molar refractivity (Wildman–Crippen MR) is 89.4 cm³/mol. The van der Waals surface area contributed by atoms with Crippen molar-refractivity contribution in [2.75, 3.05) is 46.0 Å². The number of nitrogens with one attached hydrogen (secondary N) is 1. The zero-order chi connectivity index (χ0) is 15.9. The van der Waals surface area contributed by atoms with Crippen LogP contribution in [0, 0.1) is 0 Å². The number of carbonyl (C=O) groups is 1. The number of nitrogens with zero attached hydrogens (tertiary/aromatic N) is 1. The molecule has 1 amide bonds. The molecule has 1 N–H and O–H groups in total. The second kappa shape index (κ2) is 8.13. The van der Waals surface area contributed by atoms with E-state index in [9.17, 15) is 4.79 Å². The van der Waals surface area contributed by atoms with Gasteiger partial charge in [0.05, 0.1) is 18.8 Å². The minimum absolute atomic E-state index is 0.0223. The first-order chi connectivity index (χ1) is 11.3. The molecule has 1 aromatic rings. The van der Waals surface area contributed by atoms with E-state index < -0.39 is 0 Å².